The molecular formula is C9H19N3O. The van der Waals surface area contributed by atoms with E-state index in [0.717, 1.165) is 19.6 Å². The average Bonchev–Trinajstić information content (AvgIpc) is 2.18. The molecule has 0 unspecified atom stereocenters. The first-order valence-electron chi connectivity index (χ1n) is 5.00. The molecule has 0 atom stereocenters. The number of amides is 2. The van der Waals surface area contributed by atoms with Crippen molar-refractivity contribution in [2.75, 3.05) is 26.7 Å². The van der Waals surface area contributed by atoms with Crippen LogP contribution in [0.3, 0.4) is 0 Å². The van der Waals surface area contributed by atoms with Crippen molar-refractivity contribution in [2.45, 2.75) is 26.2 Å². The maximum absolute atomic E-state index is 11.4. The van der Waals surface area contributed by atoms with Crippen molar-refractivity contribution in [1.82, 2.24) is 15.3 Å². The van der Waals surface area contributed by atoms with Crippen LogP contribution in [0, 0.1) is 0 Å². The van der Waals surface area contributed by atoms with Gasteiger partial charge in [-0.05, 0) is 19.8 Å². The van der Waals surface area contributed by atoms with E-state index in [1.807, 2.05) is 11.9 Å². The molecule has 0 aliphatic carbocycles. The number of hydrogen-bond acceptors (Lipinski definition) is 2. The summed E-state index contributed by atoms with van der Waals surface area (Å²) >= 11 is 0. The largest absolute Gasteiger partial charge is 0.331 e. The molecule has 1 N–H and O–H groups in total. The fourth-order valence-electron chi connectivity index (χ4n) is 1.37. The normalized spacial score (nSPS) is 18.3. The quantitative estimate of drug-likeness (QED) is 0.698. The third-order valence-electron chi connectivity index (χ3n) is 2.43. The van der Waals surface area contributed by atoms with E-state index >= 15 is 0 Å². The summed E-state index contributed by atoms with van der Waals surface area (Å²) in [4.78, 5) is 13.1. The van der Waals surface area contributed by atoms with E-state index in [0.29, 0.717) is 0 Å². The van der Waals surface area contributed by atoms with Crippen LogP contribution in [0.1, 0.15) is 26.2 Å². The number of rotatable bonds is 2. The Labute approximate surface area is 79.9 Å². The van der Waals surface area contributed by atoms with Crippen molar-refractivity contribution in [3.05, 3.63) is 0 Å². The Bertz CT molecular complexity index is 166. The second kappa shape index (κ2) is 5.07. The molecule has 1 saturated heterocycles. The lowest BCUT2D eigenvalue weighted by atomic mass is 10.2. The number of carbonyl (C=O) groups is 1. The molecule has 0 aromatic heterocycles. The summed E-state index contributed by atoms with van der Waals surface area (Å²) in [7, 11) is 1.80. The zero-order chi connectivity index (χ0) is 9.68. The highest BCUT2D eigenvalue weighted by Gasteiger charge is 2.13. The van der Waals surface area contributed by atoms with E-state index in [4.69, 9.17) is 0 Å². The first-order valence-corrected chi connectivity index (χ1v) is 5.00. The number of hydrazine groups is 1. The van der Waals surface area contributed by atoms with Gasteiger partial charge in [0, 0.05) is 26.7 Å². The van der Waals surface area contributed by atoms with Crippen LogP contribution < -0.4 is 5.43 Å². The molecule has 1 aliphatic rings. The molecule has 1 fully saturated rings. The molecule has 13 heavy (non-hydrogen) atoms. The summed E-state index contributed by atoms with van der Waals surface area (Å²) in [5.74, 6) is 0. The van der Waals surface area contributed by atoms with Crippen LogP contribution in [-0.4, -0.2) is 42.6 Å². The molecule has 0 aromatic rings. The van der Waals surface area contributed by atoms with Gasteiger partial charge in [0.15, 0.2) is 0 Å². The Balaban J connectivity index is 2.26. The summed E-state index contributed by atoms with van der Waals surface area (Å²) in [6.07, 6.45) is 3.67. The number of urea groups is 1. The second-order valence-corrected chi connectivity index (χ2v) is 3.48. The Morgan fingerprint density at radius 3 is 2.54 bits per heavy atom. The number of nitrogens with zero attached hydrogens (tertiary/aromatic N) is 2. The maximum atomic E-state index is 11.4. The van der Waals surface area contributed by atoms with Gasteiger partial charge in [0.25, 0.3) is 0 Å². The predicted molar refractivity (Wildman–Crippen MR) is 52.3 cm³/mol. The Hall–Kier alpha value is -0.770. The molecule has 0 saturated carbocycles. The summed E-state index contributed by atoms with van der Waals surface area (Å²) in [5.41, 5.74) is 2.89. The number of hydrogen-bond donors (Lipinski definition) is 1. The summed E-state index contributed by atoms with van der Waals surface area (Å²) < 4.78 is 0. The lowest BCUT2D eigenvalue weighted by Gasteiger charge is -2.28. The molecule has 0 aromatic carbocycles. The monoisotopic (exact) mass is 185 g/mol. The van der Waals surface area contributed by atoms with Crippen LogP contribution in [0.15, 0.2) is 0 Å². The lowest BCUT2D eigenvalue weighted by molar-refractivity contribution is 0.137. The molecule has 0 radical (unpaired) electrons. The van der Waals surface area contributed by atoms with E-state index in [2.05, 4.69) is 5.43 Å². The third kappa shape index (κ3) is 3.22. The summed E-state index contributed by atoms with van der Waals surface area (Å²) in [6.45, 7) is 4.70. The first kappa shape index (κ1) is 10.3. The van der Waals surface area contributed by atoms with Crippen LogP contribution in [0.5, 0.6) is 0 Å². The highest BCUT2D eigenvalue weighted by molar-refractivity contribution is 5.73. The van der Waals surface area contributed by atoms with Gasteiger partial charge in [-0.15, -0.1) is 0 Å². The van der Waals surface area contributed by atoms with Crippen molar-refractivity contribution in [2.24, 2.45) is 0 Å². The van der Waals surface area contributed by atoms with Gasteiger partial charge in [-0.1, -0.05) is 6.42 Å². The lowest BCUT2D eigenvalue weighted by Crippen LogP contribution is -2.49. The molecule has 0 bridgehead atoms. The van der Waals surface area contributed by atoms with Gasteiger partial charge >= 0.3 is 6.03 Å². The SMILES string of the molecule is CCN(C)C(=O)NN1CCCCC1. The molecule has 1 rings (SSSR count). The number of nitrogens with one attached hydrogen (secondary N) is 1. The summed E-state index contributed by atoms with van der Waals surface area (Å²) in [6, 6.07) is 0.00407. The van der Waals surface area contributed by atoms with E-state index in [1.54, 1.807) is 11.9 Å². The minimum absolute atomic E-state index is 0.00407. The van der Waals surface area contributed by atoms with E-state index in [1.165, 1.54) is 19.3 Å². The van der Waals surface area contributed by atoms with Crippen molar-refractivity contribution in [3.63, 3.8) is 0 Å². The van der Waals surface area contributed by atoms with Crippen molar-refractivity contribution in [1.29, 1.82) is 0 Å². The van der Waals surface area contributed by atoms with E-state index in [-0.39, 0.29) is 6.03 Å². The molecule has 4 nitrogen and oxygen atoms in total. The number of piperidine rings is 1. The first-order chi connectivity index (χ1) is 6.24. The molecule has 1 aliphatic heterocycles. The van der Waals surface area contributed by atoms with Gasteiger partial charge in [-0.25, -0.2) is 9.80 Å². The second-order valence-electron chi connectivity index (χ2n) is 3.48. The molecule has 0 spiro atoms. The molecule has 2 amide bonds. The van der Waals surface area contributed by atoms with E-state index < -0.39 is 0 Å². The van der Waals surface area contributed by atoms with Crippen LogP contribution in [-0.2, 0) is 0 Å². The van der Waals surface area contributed by atoms with Gasteiger partial charge in [-0.2, -0.15) is 0 Å². The highest BCUT2D eigenvalue weighted by atomic mass is 16.2. The van der Waals surface area contributed by atoms with Gasteiger partial charge in [0.2, 0.25) is 0 Å². The Morgan fingerprint density at radius 1 is 1.38 bits per heavy atom. The smallest absolute Gasteiger partial charge is 0.327 e. The minimum atomic E-state index is 0.00407. The fourth-order valence-corrected chi connectivity index (χ4v) is 1.37. The topological polar surface area (TPSA) is 35.6 Å². The van der Waals surface area contributed by atoms with Crippen molar-refractivity contribution < 1.29 is 4.79 Å². The number of carbonyl (C=O) groups excluding carboxylic acids is 1. The minimum Gasteiger partial charge on any atom is -0.327 e. The molecule has 1 heterocycles. The predicted octanol–water partition coefficient (Wildman–Crippen LogP) is 1.05. The molecular weight excluding hydrogens is 166 g/mol. The van der Waals surface area contributed by atoms with Crippen LogP contribution >= 0.6 is 0 Å². The van der Waals surface area contributed by atoms with Crippen molar-refractivity contribution in [3.8, 4) is 0 Å². The standard InChI is InChI=1S/C9H19N3O/c1-3-11(2)9(13)10-12-7-5-4-6-8-12/h3-8H2,1-2H3,(H,10,13). The van der Waals surface area contributed by atoms with Crippen LogP contribution in [0.2, 0.25) is 0 Å². The van der Waals surface area contributed by atoms with Crippen LogP contribution in [0.25, 0.3) is 0 Å². The molecule has 76 valence electrons. The van der Waals surface area contributed by atoms with Crippen molar-refractivity contribution >= 4 is 6.03 Å². The Morgan fingerprint density at radius 2 is 2.00 bits per heavy atom. The third-order valence-corrected chi connectivity index (χ3v) is 2.43. The Kier molecular flexibility index (Phi) is 4.02. The van der Waals surface area contributed by atoms with E-state index in [9.17, 15) is 4.79 Å². The fraction of sp³-hybridized carbons (Fsp3) is 0.889. The summed E-state index contributed by atoms with van der Waals surface area (Å²) in [5, 5.41) is 2.01. The maximum Gasteiger partial charge on any atom is 0.331 e. The van der Waals surface area contributed by atoms with Gasteiger partial charge in [0.05, 0.1) is 0 Å². The highest BCUT2D eigenvalue weighted by Crippen LogP contribution is 2.05. The zero-order valence-electron chi connectivity index (χ0n) is 8.55. The van der Waals surface area contributed by atoms with Crippen LogP contribution in [0.4, 0.5) is 4.79 Å². The average molecular weight is 185 g/mol. The zero-order valence-corrected chi connectivity index (χ0v) is 8.55. The van der Waals surface area contributed by atoms with Gasteiger partial charge in [0.1, 0.15) is 0 Å². The van der Waals surface area contributed by atoms with Gasteiger partial charge in [-0.3, -0.25) is 5.43 Å². The van der Waals surface area contributed by atoms with Gasteiger partial charge < -0.3 is 4.90 Å². The molecule has 4 heteroatoms.